The highest BCUT2D eigenvalue weighted by atomic mass is 16.7. The zero-order chi connectivity index (χ0) is 49.4. The minimum Gasteiger partial charge on any atom is -0.394 e. The molecule has 6 N–H and O–H groups in total. The minimum absolute atomic E-state index is 0.138. The molecule has 0 aromatic rings. The first-order chi connectivity index (χ1) is 33.3. The molecule has 9 nitrogen and oxygen atoms in total. The molecule has 1 aliphatic heterocycles. The third-order valence-corrected chi connectivity index (χ3v) is 14.0. The van der Waals surface area contributed by atoms with Crippen molar-refractivity contribution < 1.29 is 39.8 Å². The maximum Gasteiger partial charge on any atom is 0.220 e. The number of amides is 1. The maximum absolute atomic E-state index is 13.1. The Morgan fingerprint density at radius 2 is 0.868 bits per heavy atom. The summed E-state index contributed by atoms with van der Waals surface area (Å²) in [4.78, 5) is 13.1. The summed E-state index contributed by atoms with van der Waals surface area (Å²) < 4.78 is 11.3. The van der Waals surface area contributed by atoms with Crippen LogP contribution in [0.2, 0.25) is 0 Å². The molecule has 7 unspecified atom stereocenters. The van der Waals surface area contributed by atoms with E-state index in [1.165, 1.54) is 199 Å². The lowest BCUT2D eigenvalue weighted by atomic mass is 9.99. The van der Waals surface area contributed by atoms with Gasteiger partial charge in [-0.25, -0.2) is 0 Å². The SMILES string of the molecule is CCCCCCC/C=C\C/C=C\C/C=C\CCCCCCCCCCCCC(=O)NC(COC1OC(CO)C(O)C(O)C1O)C(O)CCCCCCCCCCCCCCCCCCCCCC. The van der Waals surface area contributed by atoms with Crippen LogP contribution >= 0.6 is 0 Å². The van der Waals surface area contributed by atoms with Gasteiger partial charge in [-0.3, -0.25) is 4.79 Å². The van der Waals surface area contributed by atoms with Crippen LogP contribution < -0.4 is 5.32 Å². The van der Waals surface area contributed by atoms with Crippen LogP contribution in [0.15, 0.2) is 36.5 Å². The quantitative estimate of drug-likeness (QED) is 0.0261. The molecule has 1 fully saturated rings. The zero-order valence-corrected chi connectivity index (χ0v) is 44.4. The van der Waals surface area contributed by atoms with E-state index in [4.69, 9.17) is 9.47 Å². The molecular formula is C59H111NO8. The molecule has 0 aliphatic carbocycles. The Morgan fingerprint density at radius 3 is 1.28 bits per heavy atom. The van der Waals surface area contributed by atoms with Crippen LogP contribution in [-0.4, -0.2) is 87.5 Å². The lowest BCUT2D eigenvalue weighted by Crippen LogP contribution is -2.60. The van der Waals surface area contributed by atoms with E-state index < -0.39 is 49.5 Å². The first-order valence-corrected chi connectivity index (χ1v) is 29.2. The smallest absolute Gasteiger partial charge is 0.220 e. The van der Waals surface area contributed by atoms with Crippen LogP contribution in [0.3, 0.4) is 0 Å². The molecule has 7 atom stereocenters. The predicted molar refractivity (Wildman–Crippen MR) is 286 cm³/mol. The van der Waals surface area contributed by atoms with Crippen molar-refractivity contribution in [1.29, 1.82) is 0 Å². The van der Waals surface area contributed by atoms with Crippen LogP contribution in [0.5, 0.6) is 0 Å². The molecule has 0 aromatic carbocycles. The van der Waals surface area contributed by atoms with Crippen molar-refractivity contribution in [3.8, 4) is 0 Å². The van der Waals surface area contributed by atoms with E-state index in [1.54, 1.807) is 0 Å². The van der Waals surface area contributed by atoms with Gasteiger partial charge >= 0.3 is 0 Å². The van der Waals surface area contributed by atoms with E-state index in [0.717, 1.165) is 51.4 Å². The van der Waals surface area contributed by atoms with Gasteiger partial charge < -0.3 is 40.3 Å². The Balaban J connectivity index is 2.21. The molecule has 1 rings (SSSR count). The van der Waals surface area contributed by atoms with E-state index in [0.29, 0.717) is 12.8 Å². The molecule has 1 amide bonds. The normalized spacial score (nSPS) is 19.8. The van der Waals surface area contributed by atoms with Gasteiger partial charge in [0, 0.05) is 6.42 Å². The van der Waals surface area contributed by atoms with Crippen molar-refractivity contribution in [1.82, 2.24) is 5.32 Å². The number of hydrogen-bond donors (Lipinski definition) is 6. The summed E-state index contributed by atoms with van der Waals surface area (Å²) in [5.74, 6) is -0.146. The number of aliphatic hydroxyl groups excluding tert-OH is 5. The molecule has 400 valence electrons. The summed E-state index contributed by atoms with van der Waals surface area (Å²) in [5, 5.41) is 54.7. The molecule has 9 heteroatoms. The zero-order valence-electron chi connectivity index (χ0n) is 44.4. The minimum atomic E-state index is -1.55. The van der Waals surface area contributed by atoms with Gasteiger partial charge in [-0.15, -0.1) is 0 Å². The van der Waals surface area contributed by atoms with Gasteiger partial charge in [0.2, 0.25) is 5.91 Å². The van der Waals surface area contributed by atoms with Crippen LogP contribution in [0.4, 0.5) is 0 Å². The second kappa shape index (κ2) is 49.0. The highest BCUT2D eigenvalue weighted by Crippen LogP contribution is 2.23. The number of hydrogen-bond acceptors (Lipinski definition) is 8. The molecule has 1 saturated heterocycles. The summed E-state index contributed by atoms with van der Waals surface area (Å²) in [7, 11) is 0. The Bertz CT molecular complexity index is 1160. The Kier molecular flexibility index (Phi) is 46.4. The molecule has 1 heterocycles. The first kappa shape index (κ1) is 64.4. The van der Waals surface area contributed by atoms with Crippen molar-refractivity contribution in [2.45, 2.75) is 320 Å². The summed E-state index contributed by atoms with van der Waals surface area (Å²) in [6, 6.07) is -0.722. The van der Waals surface area contributed by atoms with Crippen LogP contribution in [0.1, 0.15) is 277 Å². The maximum atomic E-state index is 13.1. The fraction of sp³-hybridized carbons (Fsp3) is 0.881. The van der Waals surface area contributed by atoms with Crippen molar-refractivity contribution in [2.75, 3.05) is 13.2 Å². The molecule has 0 spiro atoms. The third-order valence-electron chi connectivity index (χ3n) is 14.0. The fourth-order valence-electron chi connectivity index (χ4n) is 9.35. The average molecular weight is 963 g/mol. The average Bonchev–Trinajstić information content (AvgIpc) is 3.34. The van der Waals surface area contributed by atoms with Gasteiger partial charge in [0.05, 0.1) is 25.4 Å². The lowest BCUT2D eigenvalue weighted by molar-refractivity contribution is -0.302. The third kappa shape index (κ3) is 38.1. The second-order valence-corrected chi connectivity index (χ2v) is 20.4. The number of nitrogens with one attached hydrogen (secondary N) is 1. The number of aliphatic hydroxyl groups is 5. The molecule has 0 bridgehead atoms. The van der Waals surface area contributed by atoms with Gasteiger partial charge in [0.25, 0.3) is 0 Å². The van der Waals surface area contributed by atoms with E-state index in [2.05, 4.69) is 55.6 Å². The van der Waals surface area contributed by atoms with Crippen LogP contribution in [0.25, 0.3) is 0 Å². The molecular weight excluding hydrogens is 851 g/mol. The standard InChI is InChI=1S/C59H111NO8/c1-3-5-7-9-11-13-15-17-19-21-23-25-26-27-28-29-31-33-35-37-39-41-43-45-47-49-55(63)60-52(51-67-59-58(66)57(65)56(64)54(50-61)68-59)53(62)48-46-44-42-40-38-36-34-32-30-24-22-20-18-16-14-12-10-8-6-4-2/h15,17,21,23,26-27,52-54,56-59,61-62,64-66H,3-14,16,18-20,22,24-25,28-51H2,1-2H3,(H,60,63)/b17-15-,23-21-,27-26-. The summed E-state index contributed by atoms with van der Waals surface area (Å²) in [6.07, 6.45) is 55.9. The number of ether oxygens (including phenoxy) is 2. The van der Waals surface area contributed by atoms with Gasteiger partial charge in [0.15, 0.2) is 6.29 Å². The molecule has 1 aliphatic rings. The van der Waals surface area contributed by atoms with E-state index >= 15 is 0 Å². The van der Waals surface area contributed by atoms with Crippen molar-refractivity contribution in [3.63, 3.8) is 0 Å². The van der Waals surface area contributed by atoms with Crippen LogP contribution in [-0.2, 0) is 14.3 Å². The topological polar surface area (TPSA) is 149 Å². The van der Waals surface area contributed by atoms with Gasteiger partial charge in [-0.2, -0.15) is 0 Å². The number of unbranched alkanes of at least 4 members (excludes halogenated alkanes) is 34. The summed E-state index contributed by atoms with van der Waals surface area (Å²) in [6.45, 7) is 3.85. The molecule has 68 heavy (non-hydrogen) atoms. The summed E-state index contributed by atoms with van der Waals surface area (Å²) in [5.41, 5.74) is 0. The van der Waals surface area contributed by atoms with E-state index in [1.807, 2.05) is 0 Å². The van der Waals surface area contributed by atoms with E-state index in [9.17, 15) is 30.3 Å². The highest BCUT2D eigenvalue weighted by molar-refractivity contribution is 5.76. The Morgan fingerprint density at radius 1 is 0.500 bits per heavy atom. The van der Waals surface area contributed by atoms with Gasteiger partial charge in [0.1, 0.15) is 24.4 Å². The predicted octanol–water partition coefficient (Wildman–Crippen LogP) is 14.4. The lowest BCUT2D eigenvalue weighted by Gasteiger charge is -2.40. The Hall–Kier alpha value is -1.59. The first-order valence-electron chi connectivity index (χ1n) is 29.2. The van der Waals surface area contributed by atoms with Crippen LogP contribution in [0, 0.1) is 0 Å². The van der Waals surface area contributed by atoms with Gasteiger partial charge in [-0.1, -0.05) is 256 Å². The number of carbonyl (C=O) groups excluding carboxylic acids is 1. The molecule has 0 radical (unpaired) electrons. The highest BCUT2D eigenvalue weighted by Gasteiger charge is 2.44. The van der Waals surface area contributed by atoms with Gasteiger partial charge in [-0.05, 0) is 51.4 Å². The second-order valence-electron chi connectivity index (χ2n) is 20.4. The monoisotopic (exact) mass is 962 g/mol. The van der Waals surface area contributed by atoms with Crippen molar-refractivity contribution in [3.05, 3.63) is 36.5 Å². The van der Waals surface area contributed by atoms with E-state index in [-0.39, 0.29) is 12.5 Å². The summed E-state index contributed by atoms with van der Waals surface area (Å²) >= 11 is 0. The van der Waals surface area contributed by atoms with Crippen molar-refractivity contribution >= 4 is 5.91 Å². The fourth-order valence-corrected chi connectivity index (χ4v) is 9.35. The number of carbonyl (C=O) groups is 1. The molecule has 0 aromatic heterocycles. The largest absolute Gasteiger partial charge is 0.394 e. The molecule has 0 saturated carbocycles. The number of rotatable bonds is 50. The number of allylic oxidation sites excluding steroid dienone is 6. The Labute approximate surface area is 419 Å². The van der Waals surface area contributed by atoms with Crippen molar-refractivity contribution in [2.24, 2.45) is 0 Å².